The maximum atomic E-state index is 2.42. The van der Waals surface area contributed by atoms with Crippen LogP contribution in [-0.4, -0.2) is 0 Å². The molecule has 0 saturated heterocycles. The van der Waals surface area contributed by atoms with Crippen LogP contribution in [0.4, 0.5) is 0 Å². The lowest BCUT2D eigenvalue weighted by Gasteiger charge is -2.58. The zero-order chi connectivity index (χ0) is 45.9. The maximum Gasteiger partial charge on any atom is -0.0261 e. The van der Waals surface area contributed by atoms with Crippen LogP contribution in [-0.2, 0) is 0 Å². The Hall–Kier alpha value is 0. The molecule has 1 unspecified atom stereocenters. The van der Waals surface area contributed by atoms with E-state index < -0.39 is 0 Å². The summed E-state index contributed by atoms with van der Waals surface area (Å²) < 4.78 is 0. The number of hydrogen-bond acceptors (Lipinski definition) is 0. The average Bonchev–Trinajstić information content (AvgIpc) is 3.63. The highest BCUT2D eigenvalue weighted by atomic mass is 14.6. The molecule has 10 aliphatic rings. The van der Waals surface area contributed by atoms with Crippen molar-refractivity contribution in [2.24, 2.45) is 84.2 Å². The molecule has 0 bridgehead atoms. The zero-order valence-electron chi connectivity index (χ0n) is 45.9. The van der Waals surface area contributed by atoms with Crippen LogP contribution in [0.15, 0.2) is 0 Å². The van der Waals surface area contributed by atoms with Gasteiger partial charge in [0.05, 0.1) is 0 Å². The van der Waals surface area contributed by atoms with Gasteiger partial charge in [-0.1, -0.05) is 188 Å². The molecule has 0 heteroatoms. The van der Waals surface area contributed by atoms with Crippen molar-refractivity contribution in [1.29, 1.82) is 0 Å². The van der Waals surface area contributed by atoms with Gasteiger partial charge < -0.3 is 0 Å². The lowest BCUT2D eigenvalue weighted by atomic mass is 9.47. The molecule has 4 spiro atoms. The van der Waals surface area contributed by atoms with Crippen LogP contribution in [0.2, 0.25) is 0 Å². The third-order valence-corrected chi connectivity index (χ3v) is 20.4. The van der Waals surface area contributed by atoms with Gasteiger partial charge in [0.25, 0.3) is 0 Å². The Morgan fingerprint density at radius 3 is 0.839 bits per heavy atom. The lowest BCUT2D eigenvalue weighted by Crippen LogP contribution is -2.47. The Balaban J connectivity index is 0.000000144. The third-order valence-electron chi connectivity index (χ3n) is 20.4. The van der Waals surface area contributed by atoms with Crippen molar-refractivity contribution in [3.8, 4) is 0 Å². The molecule has 0 amide bonds. The fourth-order valence-corrected chi connectivity index (χ4v) is 15.4. The molecule has 10 fully saturated rings. The van der Waals surface area contributed by atoms with Gasteiger partial charge in [-0.05, 0) is 206 Å². The van der Waals surface area contributed by atoms with E-state index in [0.717, 1.165) is 45.3 Å². The highest BCUT2D eigenvalue weighted by molar-refractivity contribution is 5.08. The van der Waals surface area contributed by atoms with Crippen molar-refractivity contribution in [2.75, 3.05) is 0 Å². The van der Waals surface area contributed by atoms with E-state index in [-0.39, 0.29) is 0 Å². The van der Waals surface area contributed by atoms with Crippen molar-refractivity contribution in [1.82, 2.24) is 0 Å². The smallest absolute Gasteiger partial charge is 0.0261 e. The predicted molar refractivity (Wildman–Crippen MR) is 277 cm³/mol. The molecule has 0 aromatic heterocycles. The van der Waals surface area contributed by atoms with E-state index in [1.54, 1.807) is 64.2 Å². The fraction of sp³-hybridized carbons (Fsp3) is 1.00. The molecule has 0 aliphatic heterocycles. The van der Waals surface area contributed by atoms with Gasteiger partial charge in [0.2, 0.25) is 0 Å². The minimum atomic E-state index is 0.500. The standard InChI is InChI=1S/C14H26.C13H24.2C11H20.C8H14.C5H12/c1-13(2,3)12-6-10-14(11-7-12)8-4-5-9-14;1-12(2,3)11-5-9-13(10-6-11)7-4-8-13;1-10(2,3)9-7-11(8-9)5-4-6-11;1-10(2,3)9-8-11(9)6-4-5-7-11;1-3-7-5-2-6-8(7)4-1;1-5(2,3)4/h12H,4-11H2,1-3H3;11H,4-10H2,1-3H3;2*9H,4-8H2,1-3H3;7-8H,1-6H2;1-4H3. The van der Waals surface area contributed by atoms with Crippen molar-refractivity contribution < 1.29 is 0 Å². The lowest BCUT2D eigenvalue weighted by molar-refractivity contribution is -0.0700. The van der Waals surface area contributed by atoms with Gasteiger partial charge in [0, 0.05) is 0 Å². The van der Waals surface area contributed by atoms with E-state index in [0.29, 0.717) is 27.1 Å². The summed E-state index contributed by atoms with van der Waals surface area (Å²) in [6.07, 6.45) is 47.5. The molecule has 0 aromatic carbocycles. The van der Waals surface area contributed by atoms with Crippen LogP contribution >= 0.6 is 0 Å². The summed E-state index contributed by atoms with van der Waals surface area (Å²) in [6.45, 7) is 37.7. The minimum Gasteiger partial charge on any atom is -0.0604 e. The van der Waals surface area contributed by atoms with Gasteiger partial charge in [-0.15, -0.1) is 0 Å². The summed E-state index contributed by atoms with van der Waals surface area (Å²) in [5.74, 6) is 6.43. The first-order valence-corrected chi connectivity index (χ1v) is 28.6. The predicted octanol–water partition coefficient (Wildman–Crippen LogP) is 21.0. The molecule has 364 valence electrons. The number of rotatable bonds is 0. The quantitative estimate of drug-likeness (QED) is 0.228. The van der Waals surface area contributed by atoms with Crippen molar-refractivity contribution in [2.45, 2.75) is 310 Å². The highest BCUT2D eigenvalue weighted by Crippen LogP contribution is 2.68. The van der Waals surface area contributed by atoms with Gasteiger partial charge in [-0.25, -0.2) is 0 Å². The minimum absolute atomic E-state index is 0.500. The van der Waals surface area contributed by atoms with Crippen LogP contribution in [0.3, 0.4) is 0 Å². The van der Waals surface area contributed by atoms with Crippen molar-refractivity contribution in [3.63, 3.8) is 0 Å². The highest BCUT2D eigenvalue weighted by Gasteiger charge is 2.59. The van der Waals surface area contributed by atoms with Crippen molar-refractivity contribution >= 4 is 0 Å². The maximum absolute atomic E-state index is 2.42. The van der Waals surface area contributed by atoms with Gasteiger partial charge in [0.1, 0.15) is 0 Å². The van der Waals surface area contributed by atoms with Gasteiger partial charge in [0.15, 0.2) is 0 Å². The van der Waals surface area contributed by atoms with E-state index in [9.17, 15) is 0 Å². The van der Waals surface area contributed by atoms with Gasteiger partial charge in [-0.3, -0.25) is 0 Å². The third kappa shape index (κ3) is 15.3. The van der Waals surface area contributed by atoms with E-state index >= 15 is 0 Å². The Bertz CT molecular complexity index is 1250. The molecule has 0 N–H and O–H groups in total. The first-order chi connectivity index (χ1) is 28.6. The number of fused-ring (bicyclic) bond motifs is 1. The average molecular weight is 862 g/mol. The van der Waals surface area contributed by atoms with Crippen LogP contribution in [0.25, 0.3) is 0 Å². The molecule has 1 atom stereocenters. The molecule has 10 rings (SSSR count). The summed E-state index contributed by atoms with van der Waals surface area (Å²) >= 11 is 0. The van der Waals surface area contributed by atoms with Crippen LogP contribution in [0.1, 0.15) is 310 Å². The Morgan fingerprint density at radius 2 is 0.581 bits per heavy atom. The summed E-state index contributed by atoms with van der Waals surface area (Å²) in [5.41, 5.74) is 6.18. The van der Waals surface area contributed by atoms with E-state index in [1.807, 2.05) is 0 Å². The molecule has 0 aromatic rings. The van der Waals surface area contributed by atoms with Crippen LogP contribution in [0, 0.1) is 84.2 Å². The fourth-order valence-electron chi connectivity index (χ4n) is 15.4. The Morgan fingerprint density at radius 1 is 0.274 bits per heavy atom. The van der Waals surface area contributed by atoms with Crippen LogP contribution in [0.5, 0.6) is 0 Å². The molecule has 0 heterocycles. The summed E-state index contributed by atoms with van der Waals surface area (Å²) in [5, 5.41) is 0. The molecule has 10 aliphatic carbocycles. The first kappa shape index (κ1) is 53.0. The van der Waals surface area contributed by atoms with E-state index in [2.05, 4.69) is 111 Å². The second kappa shape index (κ2) is 20.7. The monoisotopic (exact) mass is 861 g/mol. The summed E-state index contributed by atoms with van der Waals surface area (Å²) in [4.78, 5) is 0. The zero-order valence-corrected chi connectivity index (χ0v) is 45.9. The van der Waals surface area contributed by atoms with Crippen molar-refractivity contribution in [3.05, 3.63) is 0 Å². The Labute approximate surface area is 392 Å². The molecule has 0 nitrogen and oxygen atoms in total. The molecule has 10 saturated carbocycles. The van der Waals surface area contributed by atoms with E-state index in [1.165, 1.54) is 147 Å². The molecule has 0 radical (unpaired) electrons. The number of hydrogen-bond donors (Lipinski definition) is 0. The van der Waals surface area contributed by atoms with Gasteiger partial charge in [-0.2, -0.15) is 0 Å². The second-order valence-electron chi connectivity index (χ2n) is 31.2. The molecule has 62 heavy (non-hydrogen) atoms. The normalized spacial score (nSPS) is 32.4. The summed E-state index contributed by atoms with van der Waals surface area (Å²) in [6, 6.07) is 0. The largest absolute Gasteiger partial charge is 0.0604 e. The topological polar surface area (TPSA) is 0 Å². The van der Waals surface area contributed by atoms with Gasteiger partial charge >= 0.3 is 0 Å². The van der Waals surface area contributed by atoms with Crippen LogP contribution < -0.4 is 0 Å². The van der Waals surface area contributed by atoms with E-state index in [4.69, 9.17) is 0 Å². The SMILES string of the molecule is C1CC2CCCC2C1.CC(C)(C)C.CC(C)(C)C1CC12CCCC2.CC(C)(C)C1CC2(CCC2)C1.CC(C)(C)C1CCC2(CCC2)CC1.CC(C)(C)C1CCC2(CCCC2)CC1. The summed E-state index contributed by atoms with van der Waals surface area (Å²) in [7, 11) is 0. The molecular weight excluding hydrogens is 745 g/mol. The second-order valence-corrected chi connectivity index (χ2v) is 31.2. The molecular formula is C62H116. The Kier molecular flexibility index (Phi) is 17.7. The first-order valence-electron chi connectivity index (χ1n) is 28.6.